The van der Waals surface area contributed by atoms with Crippen LogP contribution in [0.5, 0.6) is 0 Å². The molecule has 0 N–H and O–H groups in total. The van der Waals surface area contributed by atoms with Gasteiger partial charge in [-0.15, -0.1) is 6.58 Å². The highest BCUT2D eigenvalue weighted by Gasteiger charge is 1.86. The number of allylic oxidation sites excluding steroid dienone is 1. The normalized spacial score (nSPS) is 9.20. The number of carbonyl (C=O) groups is 1. The van der Waals surface area contributed by atoms with E-state index in [1.54, 1.807) is 0 Å². The lowest BCUT2D eigenvalue weighted by Crippen LogP contribution is -1.78. The van der Waals surface area contributed by atoms with Gasteiger partial charge in [-0.1, -0.05) is 18.9 Å². The maximum absolute atomic E-state index is 9.88. The van der Waals surface area contributed by atoms with Gasteiger partial charge in [-0.05, 0) is 19.3 Å². The molecular weight excluding hydrogens is 124 g/mol. The van der Waals surface area contributed by atoms with Gasteiger partial charge in [0.15, 0.2) is 0 Å². The molecule has 0 amide bonds. The van der Waals surface area contributed by atoms with Gasteiger partial charge in [-0.25, -0.2) is 0 Å². The second-order valence-corrected chi connectivity index (χ2v) is 2.45. The number of carbonyl (C=O) groups excluding carboxylic acids is 1. The molecule has 1 nitrogen and oxygen atoms in total. The summed E-state index contributed by atoms with van der Waals surface area (Å²) in [6, 6.07) is 0. The van der Waals surface area contributed by atoms with Crippen LogP contribution in [-0.2, 0) is 4.79 Å². The van der Waals surface area contributed by atoms with Gasteiger partial charge >= 0.3 is 0 Å². The highest BCUT2D eigenvalue weighted by atomic mass is 16.1. The molecule has 0 aromatic carbocycles. The van der Waals surface area contributed by atoms with Crippen molar-refractivity contribution in [3.63, 3.8) is 0 Å². The van der Waals surface area contributed by atoms with Crippen LogP contribution in [0.4, 0.5) is 0 Å². The Morgan fingerprint density at radius 2 is 1.60 bits per heavy atom. The summed E-state index contributed by atoms with van der Waals surface area (Å²) in [6.07, 6.45) is 9.48. The minimum Gasteiger partial charge on any atom is -0.303 e. The molecule has 0 aliphatic rings. The Hall–Kier alpha value is -0.590. The van der Waals surface area contributed by atoms with Gasteiger partial charge in [0.2, 0.25) is 0 Å². The minimum atomic E-state index is 0.730. The molecule has 0 aliphatic heterocycles. The molecule has 0 spiro atoms. The zero-order valence-electron chi connectivity index (χ0n) is 6.51. The molecule has 0 heterocycles. The number of hydrogen-bond donors (Lipinski definition) is 0. The fourth-order valence-corrected chi connectivity index (χ4v) is 0.870. The van der Waals surface area contributed by atoms with Gasteiger partial charge in [0, 0.05) is 6.42 Å². The maximum atomic E-state index is 9.88. The lowest BCUT2D eigenvalue weighted by Gasteiger charge is -1.94. The molecule has 0 aliphatic carbocycles. The van der Waals surface area contributed by atoms with E-state index in [1.807, 2.05) is 6.08 Å². The van der Waals surface area contributed by atoms with Gasteiger partial charge in [0.25, 0.3) is 0 Å². The highest BCUT2D eigenvalue weighted by molar-refractivity contribution is 5.48. The van der Waals surface area contributed by atoms with Crippen molar-refractivity contribution >= 4 is 6.29 Å². The Labute approximate surface area is 63.1 Å². The summed E-state index contributed by atoms with van der Waals surface area (Å²) < 4.78 is 0. The van der Waals surface area contributed by atoms with Crippen molar-refractivity contribution in [3.05, 3.63) is 12.7 Å². The first-order valence-electron chi connectivity index (χ1n) is 3.96. The average molecular weight is 140 g/mol. The van der Waals surface area contributed by atoms with Crippen molar-refractivity contribution in [3.8, 4) is 0 Å². The van der Waals surface area contributed by atoms with E-state index >= 15 is 0 Å². The first-order chi connectivity index (χ1) is 4.91. The summed E-state index contributed by atoms with van der Waals surface area (Å²) >= 11 is 0. The Bertz CT molecular complexity index is 74.7. The third kappa shape index (κ3) is 7.41. The molecule has 0 radical (unpaired) electrons. The monoisotopic (exact) mass is 140 g/mol. The first kappa shape index (κ1) is 9.41. The molecule has 0 rings (SSSR count). The van der Waals surface area contributed by atoms with Crippen molar-refractivity contribution < 1.29 is 4.79 Å². The number of aldehydes is 1. The molecule has 1 heteroatoms. The molecule has 0 aromatic heterocycles. The van der Waals surface area contributed by atoms with Gasteiger partial charge in [0.05, 0.1) is 0 Å². The van der Waals surface area contributed by atoms with Crippen LogP contribution in [0, 0.1) is 0 Å². The Morgan fingerprint density at radius 1 is 1.00 bits per heavy atom. The smallest absolute Gasteiger partial charge is 0.119 e. The van der Waals surface area contributed by atoms with Gasteiger partial charge in [-0.3, -0.25) is 0 Å². The van der Waals surface area contributed by atoms with E-state index in [4.69, 9.17) is 0 Å². The standard InChI is InChI=1S/C9H16O/c1-2-3-4-5-6-7-8-9-10/h2,9H,1,3-8H2. The number of rotatable bonds is 7. The van der Waals surface area contributed by atoms with Crippen LogP contribution in [-0.4, -0.2) is 6.29 Å². The second-order valence-electron chi connectivity index (χ2n) is 2.45. The van der Waals surface area contributed by atoms with Crippen LogP contribution in [0.3, 0.4) is 0 Å². The van der Waals surface area contributed by atoms with Crippen LogP contribution in [0.2, 0.25) is 0 Å². The third-order valence-corrected chi connectivity index (χ3v) is 1.48. The van der Waals surface area contributed by atoms with Crippen LogP contribution in [0.15, 0.2) is 12.7 Å². The SMILES string of the molecule is C=CCCCCCCC=O. The van der Waals surface area contributed by atoms with Crippen molar-refractivity contribution in [2.75, 3.05) is 0 Å². The zero-order chi connectivity index (χ0) is 7.66. The van der Waals surface area contributed by atoms with E-state index in [-0.39, 0.29) is 0 Å². The lowest BCUT2D eigenvalue weighted by molar-refractivity contribution is -0.107. The second kappa shape index (κ2) is 8.41. The van der Waals surface area contributed by atoms with E-state index in [0.717, 1.165) is 25.5 Å². The Balaban J connectivity index is 2.76. The molecule has 0 atom stereocenters. The minimum absolute atomic E-state index is 0.730. The summed E-state index contributed by atoms with van der Waals surface area (Å²) in [7, 11) is 0. The number of hydrogen-bond acceptors (Lipinski definition) is 1. The predicted molar refractivity (Wildman–Crippen MR) is 44.0 cm³/mol. The van der Waals surface area contributed by atoms with Gasteiger partial charge in [-0.2, -0.15) is 0 Å². The molecule has 0 aromatic rings. The summed E-state index contributed by atoms with van der Waals surface area (Å²) in [5.74, 6) is 0. The topological polar surface area (TPSA) is 17.1 Å². The molecular formula is C9H16O. The van der Waals surface area contributed by atoms with Crippen LogP contribution in [0.25, 0.3) is 0 Å². The maximum Gasteiger partial charge on any atom is 0.119 e. The van der Waals surface area contributed by atoms with Crippen molar-refractivity contribution in [2.45, 2.75) is 38.5 Å². The van der Waals surface area contributed by atoms with Crippen molar-refractivity contribution in [1.82, 2.24) is 0 Å². The highest BCUT2D eigenvalue weighted by Crippen LogP contribution is 2.03. The largest absolute Gasteiger partial charge is 0.303 e. The number of unbranched alkanes of at least 4 members (excludes halogenated alkanes) is 5. The fourth-order valence-electron chi connectivity index (χ4n) is 0.870. The Morgan fingerprint density at radius 3 is 2.10 bits per heavy atom. The quantitative estimate of drug-likeness (QED) is 0.302. The molecule has 0 saturated heterocycles. The first-order valence-corrected chi connectivity index (χ1v) is 3.96. The molecule has 0 bridgehead atoms. The Kier molecular flexibility index (Phi) is 7.91. The van der Waals surface area contributed by atoms with Gasteiger partial charge in [0.1, 0.15) is 6.29 Å². The zero-order valence-corrected chi connectivity index (χ0v) is 6.51. The summed E-state index contributed by atoms with van der Waals surface area (Å²) in [5, 5.41) is 0. The van der Waals surface area contributed by atoms with Crippen LogP contribution in [0.1, 0.15) is 38.5 Å². The van der Waals surface area contributed by atoms with Crippen molar-refractivity contribution in [2.24, 2.45) is 0 Å². The molecule has 0 saturated carbocycles. The van der Waals surface area contributed by atoms with E-state index in [0.29, 0.717) is 0 Å². The van der Waals surface area contributed by atoms with E-state index in [9.17, 15) is 4.79 Å². The summed E-state index contributed by atoms with van der Waals surface area (Å²) in [6.45, 7) is 3.64. The summed E-state index contributed by atoms with van der Waals surface area (Å²) in [4.78, 5) is 9.88. The van der Waals surface area contributed by atoms with E-state index in [2.05, 4.69) is 6.58 Å². The van der Waals surface area contributed by atoms with E-state index in [1.165, 1.54) is 19.3 Å². The average Bonchev–Trinajstić information content (AvgIpc) is 1.97. The van der Waals surface area contributed by atoms with Crippen molar-refractivity contribution in [1.29, 1.82) is 0 Å². The molecule has 0 fully saturated rings. The van der Waals surface area contributed by atoms with E-state index < -0.39 is 0 Å². The predicted octanol–water partition coefficient (Wildman–Crippen LogP) is 2.71. The summed E-state index contributed by atoms with van der Waals surface area (Å²) in [5.41, 5.74) is 0. The molecule has 10 heavy (non-hydrogen) atoms. The fraction of sp³-hybridized carbons (Fsp3) is 0.667. The van der Waals surface area contributed by atoms with Crippen LogP contribution >= 0.6 is 0 Å². The lowest BCUT2D eigenvalue weighted by atomic mass is 10.1. The molecule has 58 valence electrons. The van der Waals surface area contributed by atoms with Crippen LogP contribution < -0.4 is 0 Å². The molecule has 0 unspecified atom stereocenters. The van der Waals surface area contributed by atoms with Gasteiger partial charge < -0.3 is 4.79 Å². The third-order valence-electron chi connectivity index (χ3n) is 1.48.